The Hall–Kier alpha value is -3.06. The van der Waals surface area contributed by atoms with Crippen LogP contribution in [0.1, 0.15) is 0 Å². The normalized spacial score (nSPS) is 12.6. The molecule has 0 spiro atoms. The van der Waals surface area contributed by atoms with E-state index in [1.54, 1.807) is 0 Å². The van der Waals surface area contributed by atoms with E-state index in [9.17, 15) is 36.2 Å². The largest absolute Gasteiger partial charge is 0.508 e. The van der Waals surface area contributed by atoms with Gasteiger partial charge in [0.1, 0.15) is 11.5 Å². The van der Waals surface area contributed by atoms with E-state index in [1.807, 2.05) is 0 Å². The Morgan fingerprint density at radius 1 is 0.714 bits per heavy atom. The fourth-order valence-electron chi connectivity index (χ4n) is 2.42. The maximum atomic E-state index is 11.5. The van der Waals surface area contributed by atoms with Gasteiger partial charge in [0.2, 0.25) is 0 Å². The van der Waals surface area contributed by atoms with Crippen LogP contribution in [-0.4, -0.2) is 36.2 Å². The Labute approximate surface area is 158 Å². The molecule has 0 bridgehead atoms. The van der Waals surface area contributed by atoms with Crippen molar-refractivity contribution in [2.45, 2.75) is 9.79 Å². The molecule has 0 saturated heterocycles. The van der Waals surface area contributed by atoms with E-state index in [1.165, 1.54) is 24.3 Å². The van der Waals surface area contributed by atoms with Crippen LogP contribution in [0.3, 0.4) is 0 Å². The molecule has 0 aromatic heterocycles. The van der Waals surface area contributed by atoms with Gasteiger partial charge in [-0.25, -0.2) is 0 Å². The molecule has 0 heterocycles. The first-order valence-corrected chi connectivity index (χ1v) is 10.3. The molecular formula is C16H12N2O8S2. The topological polar surface area (TPSA) is 174 Å². The van der Waals surface area contributed by atoms with Gasteiger partial charge in [-0.2, -0.15) is 21.9 Å². The van der Waals surface area contributed by atoms with E-state index in [0.717, 1.165) is 24.3 Å². The Morgan fingerprint density at radius 3 is 1.79 bits per heavy atom. The van der Waals surface area contributed by atoms with E-state index < -0.39 is 35.8 Å². The van der Waals surface area contributed by atoms with Crippen molar-refractivity contribution < 1.29 is 36.2 Å². The molecule has 0 amide bonds. The second kappa shape index (κ2) is 6.83. The second-order valence-electron chi connectivity index (χ2n) is 5.65. The summed E-state index contributed by atoms with van der Waals surface area (Å²) in [5.41, 5.74) is 0.106. The SMILES string of the molecule is O=S(=O)(O)c1cc(O)c2c(N=Nc3ccc(O)cc3)cc(S(=O)(=O)O)cc2c1. The average molecular weight is 424 g/mol. The molecule has 0 saturated carbocycles. The molecule has 146 valence electrons. The Morgan fingerprint density at radius 2 is 1.25 bits per heavy atom. The number of fused-ring (bicyclic) bond motifs is 1. The van der Waals surface area contributed by atoms with Crippen LogP contribution < -0.4 is 0 Å². The summed E-state index contributed by atoms with van der Waals surface area (Å²) in [6, 6.07) is 9.07. The third kappa shape index (κ3) is 4.09. The third-order valence-corrected chi connectivity index (χ3v) is 5.34. The highest BCUT2D eigenvalue weighted by Gasteiger charge is 2.19. The van der Waals surface area contributed by atoms with Crippen LogP contribution in [0.15, 0.2) is 68.6 Å². The number of azo groups is 1. The molecule has 3 rings (SSSR count). The first-order valence-electron chi connectivity index (χ1n) is 7.42. The van der Waals surface area contributed by atoms with Gasteiger partial charge in [-0.1, -0.05) is 0 Å². The second-order valence-corrected chi connectivity index (χ2v) is 8.49. The summed E-state index contributed by atoms with van der Waals surface area (Å²) in [5, 5.41) is 27.0. The van der Waals surface area contributed by atoms with Crippen molar-refractivity contribution >= 4 is 42.4 Å². The van der Waals surface area contributed by atoms with Gasteiger partial charge < -0.3 is 10.2 Å². The van der Waals surface area contributed by atoms with E-state index in [2.05, 4.69) is 10.2 Å². The van der Waals surface area contributed by atoms with Gasteiger partial charge in [0, 0.05) is 6.07 Å². The fourth-order valence-corrected chi connectivity index (χ4v) is 3.50. The zero-order valence-corrected chi connectivity index (χ0v) is 15.4. The maximum absolute atomic E-state index is 11.5. The summed E-state index contributed by atoms with van der Waals surface area (Å²) < 4.78 is 64.3. The Kier molecular flexibility index (Phi) is 4.81. The Bertz CT molecular complexity index is 1310. The van der Waals surface area contributed by atoms with Crippen LogP contribution in [-0.2, 0) is 20.2 Å². The molecule has 0 aliphatic rings. The molecule has 3 aromatic carbocycles. The lowest BCUT2D eigenvalue weighted by atomic mass is 10.1. The monoisotopic (exact) mass is 424 g/mol. The lowest BCUT2D eigenvalue weighted by Gasteiger charge is -2.09. The number of hydrogen-bond donors (Lipinski definition) is 4. The van der Waals surface area contributed by atoms with Gasteiger partial charge in [0.15, 0.2) is 0 Å². The summed E-state index contributed by atoms with van der Waals surface area (Å²) in [6.45, 7) is 0. The van der Waals surface area contributed by atoms with Crippen LogP contribution >= 0.6 is 0 Å². The lowest BCUT2D eigenvalue weighted by molar-refractivity contribution is 0.471. The van der Waals surface area contributed by atoms with Crippen molar-refractivity contribution in [3.8, 4) is 11.5 Å². The number of phenols is 2. The van der Waals surface area contributed by atoms with Crippen LogP contribution in [0, 0.1) is 0 Å². The Balaban J connectivity index is 2.29. The summed E-state index contributed by atoms with van der Waals surface area (Å²) in [7, 11) is -9.38. The summed E-state index contributed by atoms with van der Waals surface area (Å²) in [6.07, 6.45) is 0. The minimum atomic E-state index is -4.69. The predicted octanol–water partition coefficient (Wildman–Crippen LogP) is 3.16. The van der Waals surface area contributed by atoms with Crippen molar-refractivity contribution in [1.29, 1.82) is 0 Å². The van der Waals surface area contributed by atoms with Crippen LogP contribution in [0.4, 0.5) is 11.4 Å². The summed E-state index contributed by atoms with van der Waals surface area (Å²) in [4.78, 5) is -1.29. The fraction of sp³-hybridized carbons (Fsp3) is 0. The minimum Gasteiger partial charge on any atom is -0.508 e. The molecule has 0 fully saturated rings. The highest BCUT2D eigenvalue weighted by atomic mass is 32.2. The van der Waals surface area contributed by atoms with E-state index in [0.29, 0.717) is 0 Å². The molecule has 0 unspecified atom stereocenters. The molecule has 0 aliphatic carbocycles. The number of nitrogens with zero attached hydrogens (tertiary/aromatic N) is 2. The quantitative estimate of drug-likeness (QED) is 0.365. The van der Waals surface area contributed by atoms with Gasteiger partial charge in [0.05, 0.1) is 26.6 Å². The molecule has 12 heteroatoms. The molecule has 0 atom stereocenters. The van der Waals surface area contributed by atoms with Crippen molar-refractivity contribution in [3.05, 3.63) is 48.5 Å². The first-order chi connectivity index (χ1) is 12.9. The number of phenolic OH excluding ortho intramolecular Hbond substituents is 2. The van der Waals surface area contributed by atoms with Crippen molar-refractivity contribution in [2.24, 2.45) is 10.2 Å². The zero-order chi connectivity index (χ0) is 20.7. The number of rotatable bonds is 4. The molecule has 28 heavy (non-hydrogen) atoms. The standard InChI is InChI=1S/C16H12N2O8S2/c19-11-3-1-10(2-4-11)17-18-14-7-12(27(21,22)23)5-9-6-13(28(24,25)26)8-15(20)16(9)14/h1-8,19-20H,(H,21,22,23)(H,24,25,26). The maximum Gasteiger partial charge on any atom is 0.294 e. The van der Waals surface area contributed by atoms with Gasteiger partial charge in [0.25, 0.3) is 20.2 Å². The van der Waals surface area contributed by atoms with E-state index in [-0.39, 0.29) is 27.9 Å². The molecular weight excluding hydrogens is 412 g/mol. The van der Waals surface area contributed by atoms with Crippen molar-refractivity contribution in [3.63, 3.8) is 0 Å². The average Bonchev–Trinajstić information content (AvgIpc) is 2.59. The van der Waals surface area contributed by atoms with Gasteiger partial charge in [-0.3, -0.25) is 9.11 Å². The van der Waals surface area contributed by atoms with Crippen molar-refractivity contribution in [1.82, 2.24) is 0 Å². The van der Waals surface area contributed by atoms with Gasteiger partial charge in [-0.15, -0.1) is 5.11 Å². The third-order valence-electron chi connectivity index (χ3n) is 3.67. The highest BCUT2D eigenvalue weighted by molar-refractivity contribution is 7.86. The number of benzene rings is 3. The molecule has 0 aliphatic heterocycles. The summed E-state index contributed by atoms with van der Waals surface area (Å²) in [5.74, 6) is -0.611. The molecule has 10 nitrogen and oxygen atoms in total. The van der Waals surface area contributed by atoms with Crippen LogP contribution in [0.2, 0.25) is 0 Å². The predicted molar refractivity (Wildman–Crippen MR) is 97.5 cm³/mol. The van der Waals surface area contributed by atoms with Crippen molar-refractivity contribution in [2.75, 3.05) is 0 Å². The molecule has 4 N–H and O–H groups in total. The van der Waals surface area contributed by atoms with Gasteiger partial charge in [-0.05, 0) is 47.9 Å². The number of aromatic hydroxyl groups is 2. The van der Waals surface area contributed by atoms with Crippen LogP contribution in [0.25, 0.3) is 10.8 Å². The van der Waals surface area contributed by atoms with Crippen LogP contribution in [0.5, 0.6) is 11.5 Å². The zero-order valence-electron chi connectivity index (χ0n) is 13.8. The lowest BCUT2D eigenvalue weighted by Crippen LogP contribution is -2.00. The smallest absolute Gasteiger partial charge is 0.294 e. The van der Waals surface area contributed by atoms with E-state index in [4.69, 9.17) is 0 Å². The molecule has 0 radical (unpaired) electrons. The van der Waals surface area contributed by atoms with Gasteiger partial charge >= 0.3 is 0 Å². The number of hydrogen-bond acceptors (Lipinski definition) is 8. The molecule has 3 aromatic rings. The van der Waals surface area contributed by atoms with E-state index >= 15 is 0 Å². The summed E-state index contributed by atoms with van der Waals surface area (Å²) >= 11 is 0. The first kappa shape index (κ1) is 19.7. The minimum absolute atomic E-state index is 0.00634. The highest BCUT2D eigenvalue weighted by Crippen LogP contribution is 2.38.